The minimum Gasteiger partial charge on any atom is -0.475 e. The van der Waals surface area contributed by atoms with Gasteiger partial charge in [-0.15, -0.1) is 6.42 Å². The van der Waals surface area contributed by atoms with Crippen molar-refractivity contribution >= 4 is 11.8 Å². The summed E-state index contributed by atoms with van der Waals surface area (Å²) in [7, 11) is 0. The maximum Gasteiger partial charge on any atom is 0.377 e. The van der Waals surface area contributed by atoms with Gasteiger partial charge in [0.05, 0.1) is 0 Å². The molecule has 0 saturated heterocycles. The zero-order valence-corrected chi connectivity index (χ0v) is 6.65. The largest absolute Gasteiger partial charge is 0.475 e. The van der Waals surface area contributed by atoms with Crippen LogP contribution in [0.5, 0.6) is 0 Å². The van der Waals surface area contributed by atoms with E-state index in [1.807, 2.05) is 0 Å². The number of terminal acetylenes is 1. The van der Waals surface area contributed by atoms with Crippen molar-refractivity contribution in [3.05, 3.63) is 35.4 Å². The molecule has 0 radical (unpaired) electrons. The summed E-state index contributed by atoms with van der Waals surface area (Å²) in [4.78, 5) is 21.4. The van der Waals surface area contributed by atoms with Crippen LogP contribution in [-0.2, 0) is 4.79 Å². The Hall–Kier alpha value is -2.08. The third kappa shape index (κ3) is 1.74. The Morgan fingerprint density at radius 2 is 1.92 bits per heavy atom. The number of hydrogen-bond acceptors (Lipinski definition) is 2. The summed E-state index contributed by atoms with van der Waals surface area (Å²) >= 11 is 0. The summed E-state index contributed by atoms with van der Waals surface area (Å²) in [5.74, 6) is -0.229. The fourth-order valence-corrected chi connectivity index (χ4v) is 0.922. The molecule has 0 aliphatic carbocycles. The monoisotopic (exact) mass is 174 g/mol. The first-order chi connectivity index (χ1) is 6.16. The zero-order chi connectivity index (χ0) is 9.84. The number of carboxylic acid groups (broad SMARTS) is 1. The third-order valence-electron chi connectivity index (χ3n) is 1.52. The molecule has 64 valence electrons. The van der Waals surface area contributed by atoms with Crippen LogP contribution in [0.3, 0.4) is 0 Å². The molecule has 1 aromatic rings. The van der Waals surface area contributed by atoms with E-state index < -0.39 is 11.8 Å². The minimum absolute atomic E-state index is 0.0532. The standard InChI is InChI=1S/C10H6O3/c1-2-7-5-3-4-6-8(7)9(11)10(12)13/h1,3-6H,(H,12,13). The molecule has 0 spiro atoms. The van der Waals surface area contributed by atoms with E-state index in [0.29, 0.717) is 5.56 Å². The van der Waals surface area contributed by atoms with Gasteiger partial charge < -0.3 is 5.11 Å². The average molecular weight is 174 g/mol. The first-order valence-corrected chi connectivity index (χ1v) is 3.50. The molecular formula is C10H6O3. The van der Waals surface area contributed by atoms with E-state index in [9.17, 15) is 9.59 Å². The van der Waals surface area contributed by atoms with E-state index in [-0.39, 0.29) is 5.56 Å². The number of hydrogen-bond donors (Lipinski definition) is 1. The van der Waals surface area contributed by atoms with Crippen molar-refractivity contribution in [3.8, 4) is 12.3 Å². The molecule has 0 aromatic heterocycles. The predicted molar refractivity (Wildman–Crippen MR) is 46.3 cm³/mol. The second-order valence-corrected chi connectivity index (χ2v) is 2.32. The number of carbonyl (C=O) groups is 2. The molecule has 0 atom stereocenters. The molecule has 3 nitrogen and oxygen atoms in total. The predicted octanol–water partition coefficient (Wildman–Crippen LogP) is 0.935. The van der Waals surface area contributed by atoms with Gasteiger partial charge in [-0.2, -0.15) is 0 Å². The summed E-state index contributed by atoms with van der Waals surface area (Å²) in [6.45, 7) is 0. The highest BCUT2D eigenvalue weighted by Crippen LogP contribution is 2.07. The van der Waals surface area contributed by atoms with Crippen molar-refractivity contribution in [2.75, 3.05) is 0 Å². The average Bonchev–Trinajstić information content (AvgIpc) is 2.16. The third-order valence-corrected chi connectivity index (χ3v) is 1.52. The van der Waals surface area contributed by atoms with Crippen LogP contribution in [0.4, 0.5) is 0 Å². The molecular weight excluding hydrogens is 168 g/mol. The van der Waals surface area contributed by atoms with Crippen LogP contribution in [0.25, 0.3) is 0 Å². The van der Waals surface area contributed by atoms with Gasteiger partial charge in [0.15, 0.2) is 0 Å². The van der Waals surface area contributed by atoms with Gasteiger partial charge in [0.25, 0.3) is 5.78 Å². The van der Waals surface area contributed by atoms with E-state index in [1.54, 1.807) is 12.1 Å². The highest BCUT2D eigenvalue weighted by molar-refractivity contribution is 6.40. The van der Waals surface area contributed by atoms with E-state index in [1.165, 1.54) is 12.1 Å². The Bertz CT molecular complexity index is 399. The fourth-order valence-electron chi connectivity index (χ4n) is 0.922. The van der Waals surface area contributed by atoms with E-state index in [2.05, 4.69) is 5.92 Å². The van der Waals surface area contributed by atoms with E-state index in [0.717, 1.165) is 0 Å². The van der Waals surface area contributed by atoms with Crippen LogP contribution in [-0.4, -0.2) is 16.9 Å². The van der Waals surface area contributed by atoms with Gasteiger partial charge in [-0.3, -0.25) is 4.79 Å². The quantitative estimate of drug-likeness (QED) is 0.412. The normalized spacial score (nSPS) is 8.85. The number of carbonyl (C=O) groups excluding carboxylic acids is 1. The maximum absolute atomic E-state index is 11.0. The Labute approximate surface area is 75.0 Å². The van der Waals surface area contributed by atoms with Crippen molar-refractivity contribution in [2.24, 2.45) is 0 Å². The van der Waals surface area contributed by atoms with Crippen LogP contribution < -0.4 is 0 Å². The Morgan fingerprint density at radius 1 is 1.31 bits per heavy atom. The molecule has 1 rings (SSSR count). The number of benzene rings is 1. The number of ketones is 1. The first-order valence-electron chi connectivity index (χ1n) is 3.50. The fraction of sp³-hybridized carbons (Fsp3) is 0. The molecule has 0 bridgehead atoms. The van der Waals surface area contributed by atoms with Gasteiger partial charge in [-0.25, -0.2) is 4.79 Å². The summed E-state index contributed by atoms with van der Waals surface area (Å²) in [6, 6.07) is 6.13. The molecule has 0 unspecified atom stereocenters. The van der Waals surface area contributed by atoms with Gasteiger partial charge in [-0.05, 0) is 12.1 Å². The van der Waals surface area contributed by atoms with Crippen LogP contribution >= 0.6 is 0 Å². The highest BCUT2D eigenvalue weighted by atomic mass is 16.4. The second kappa shape index (κ2) is 3.55. The van der Waals surface area contributed by atoms with Crippen molar-refractivity contribution in [1.29, 1.82) is 0 Å². The smallest absolute Gasteiger partial charge is 0.377 e. The van der Waals surface area contributed by atoms with Crippen molar-refractivity contribution in [1.82, 2.24) is 0 Å². The van der Waals surface area contributed by atoms with Gasteiger partial charge in [0.1, 0.15) is 0 Å². The molecule has 0 aliphatic rings. The molecule has 1 aromatic carbocycles. The van der Waals surface area contributed by atoms with E-state index >= 15 is 0 Å². The molecule has 1 N–H and O–H groups in total. The summed E-state index contributed by atoms with van der Waals surface area (Å²) < 4.78 is 0. The molecule has 3 heteroatoms. The lowest BCUT2D eigenvalue weighted by molar-refractivity contribution is -0.131. The molecule has 0 saturated carbocycles. The van der Waals surface area contributed by atoms with Crippen LogP contribution in [0.1, 0.15) is 15.9 Å². The molecule has 0 heterocycles. The minimum atomic E-state index is -1.50. The van der Waals surface area contributed by atoms with Crippen molar-refractivity contribution < 1.29 is 14.7 Å². The lowest BCUT2D eigenvalue weighted by Crippen LogP contribution is -2.13. The van der Waals surface area contributed by atoms with Crippen LogP contribution in [0.15, 0.2) is 24.3 Å². The van der Waals surface area contributed by atoms with Gasteiger partial charge in [0, 0.05) is 11.1 Å². The lowest BCUT2D eigenvalue weighted by atomic mass is 10.0. The van der Waals surface area contributed by atoms with E-state index in [4.69, 9.17) is 11.5 Å². The number of Topliss-reactive ketones (excluding diaryl/α,β-unsaturated/α-hetero) is 1. The molecule has 0 fully saturated rings. The van der Waals surface area contributed by atoms with Crippen molar-refractivity contribution in [3.63, 3.8) is 0 Å². The Balaban J connectivity index is 3.23. The van der Waals surface area contributed by atoms with Crippen LogP contribution in [0.2, 0.25) is 0 Å². The first kappa shape index (κ1) is 9.01. The lowest BCUT2D eigenvalue weighted by Gasteiger charge is -1.98. The molecule has 0 amide bonds. The van der Waals surface area contributed by atoms with Gasteiger partial charge >= 0.3 is 5.97 Å². The highest BCUT2D eigenvalue weighted by Gasteiger charge is 2.16. The SMILES string of the molecule is C#Cc1ccccc1C(=O)C(=O)O. The Morgan fingerprint density at radius 3 is 2.46 bits per heavy atom. The topological polar surface area (TPSA) is 54.4 Å². The Kier molecular flexibility index (Phi) is 2.46. The van der Waals surface area contributed by atoms with Gasteiger partial charge in [0.2, 0.25) is 0 Å². The summed E-state index contributed by atoms with van der Waals surface area (Å²) in [5.41, 5.74) is 0.354. The summed E-state index contributed by atoms with van der Waals surface area (Å²) in [6.07, 6.45) is 5.09. The molecule has 0 aliphatic heterocycles. The maximum atomic E-state index is 11.0. The number of rotatable bonds is 2. The number of carboxylic acids is 1. The molecule has 13 heavy (non-hydrogen) atoms. The second-order valence-electron chi connectivity index (χ2n) is 2.32. The zero-order valence-electron chi connectivity index (χ0n) is 6.65. The number of aliphatic carboxylic acids is 1. The van der Waals surface area contributed by atoms with Crippen molar-refractivity contribution in [2.45, 2.75) is 0 Å². The summed E-state index contributed by atoms with van der Waals surface area (Å²) in [5, 5.41) is 8.44. The van der Waals surface area contributed by atoms with Crippen LogP contribution in [0, 0.1) is 12.3 Å². The van der Waals surface area contributed by atoms with Gasteiger partial charge in [-0.1, -0.05) is 18.1 Å².